The number of anilines is 1. The van der Waals surface area contributed by atoms with Gasteiger partial charge in [-0.3, -0.25) is 4.79 Å². The van der Waals surface area contributed by atoms with Gasteiger partial charge in [0.15, 0.2) is 0 Å². The number of ether oxygens (including phenoxy) is 1. The van der Waals surface area contributed by atoms with E-state index in [4.69, 9.17) is 4.74 Å². The van der Waals surface area contributed by atoms with Crippen molar-refractivity contribution in [1.29, 1.82) is 0 Å². The molecule has 1 aromatic carbocycles. The molecule has 1 amide bonds. The standard InChI is InChI=1S/C21H26N4O6S2/c1-2-31-18-8-7-17(14-19(18)33(29,30)25-10-4-3-5-11-25)22-21(26)16-6-9-20-23-32(27,28)13-12-24(20)15-16/h6-9,14-15H,2-5,10-13H2,1H3,(H,22,26). The van der Waals surface area contributed by atoms with Crippen LogP contribution in [0.4, 0.5) is 5.69 Å². The highest BCUT2D eigenvalue weighted by molar-refractivity contribution is 7.90. The highest BCUT2D eigenvalue weighted by Gasteiger charge is 2.30. The second-order valence-corrected chi connectivity index (χ2v) is 11.5. The van der Waals surface area contributed by atoms with E-state index in [1.165, 1.54) is 28.7 Å². The molecule has 1 N–H and O–H groups in total. The van der Waals surface area contributed by atoms with Crippen LogP contribution in [0.5, 0.6) is 5.75 Å². The number of piperidine rings is 1. The Morgan fingerprint density at radius 3 is 2.64 bits per heavy atom. The van der Waals surface area contributed by atoms with E-state index in [1.807, 2.05) is 0 Å². The van der Waals surface area contributed by atoms with E-state index >= 15 is 0 Å². The number of amidine groups is 1. The largest absolute Gasteiger partial charge is 0.492 e. The summed E-state index contributed by atoms with van der Waals surface area (Å²) in [6.45, 7) is 3.19. The zero-order valence-electron chi connectivity index (χ0n) is 18.2. The first kappa shape index (κ1) is 23.5. The van der Waals surface area contributed by atoms with E-state index in [1.54, 1.807) is 24.0 Å². The van der Waals surface area contributed by atoms with Gasteiger partial charge in [-0.05, 0) is 50.1 Å². The molecular weight excluding hydrogens is 468 g/mol. The van der Waals surface area contributed by atoms with Crippen LogP contribution in [0.2, 0.25) is 0 Å². The van der Waals surface area contributed by atoms with Crippen LogP contribution in [0.25, 0.3) is 0 Å². The Balaban J connectivity index is 1.58. The molecule has 0 radical (unpaired) electrons. The lowest BCUT2D eigenvalue weighted by Gasteiger charge is -2.27. The number of fused-ring (bicyclic) bond motifs is 1. The molecule has 0 spiro atoms. The van der Waals surface area contributed by atoms with Crippen LogP contribution in [-0.2, 0) is 24.8 Å². The molecule has 0 atom stereocenters. The molecule has 12 heteroatoms. The van der Waals surface area contributed by atoms with E-state index < -0.39 is 26.0 Å². The molecule has 1 aromatic rings. The molecule has 178 valence electrons. The van der Waals surface area contributed by atoms with Crippen LogP contribution in [-0.4, -0.2) is 69.8 Å². The zero-order valence-corrected chi connectivity index (χ0v) is 19.9. The van der Waals surface area contributed by atoms with Crippen molar-refractivity contribution < 1.29 is 26.4 Å². The number of hydrogen-bond donors (Lipinski definition) is 1. The number of benzene rings is 1. The quantitative estimate of drug-likeness (QED) is 0.638. The summed E-state index contributed by atoms with van der Waals surface area (Å²) in [5.74, 6) is -0.0852. The van der Waals surface area contributed by atoms with E-state index in [2.05, 4.69) is 9.71 Å². The van der Waals surface area contributed by atoms with Crippen LogP contribution in [0.15, 0.2) is 51.4 Å². The molecule has 0 unspecified atom stereocenters. The summed E-state index contributed by atoms with van der Waals surface area (Å²) < 4.78 is 60.6. The van der Waals surface area contributed by atoms with Gasteiger partial charge in [0.1, 0.15) is 16.5 Å². The van der Waals surface area contributed by atoms with Crippen molar-refractivity contribution in [3.8, 4) is 5.75 Å². The monoisotopic (exact) mass is 494 g/mol. The Hall–Kier alpha value is -2.70. The van der Waals surface area contributed by atoms with Crippen LogP contribution in [0.1, 0.15) is 26.2 Å². The SMILES string of the molecule is CCOc1ccc(NC(=O)C2=CN3CCS(=O)(=O)N=C3C=C2)cc1S(=O)(=O)N1CCCCC1. The third-order valence-corrected chi connectivity index (χ3v) is 8.60. The topological polar surface area (TPSA) is 125 Å². The molecule has 33 heavy (non-hydrogen) atoms. The second kappa shape index (κ2) is 9.27. The third-order valence-electron chi connectivity index (χ3n) is 5.52. The molecule has 0 bridgehead atoms. The number of amides is 1. The molecule has 3 aliphatic rings. The van der Waals surface area contributed by atoms with Gasteiger partial charge >= 0.3 is 0 Å². The summed E-state index contributed by atoms with van der Waals surface area (Å²) >= 11 is 0. The summed E-state index contributed by atoms with van der Waals surface area (Å²) in [4.78, 5) is 14.5. The first-order valence-electron chi connectivity index (χ1n) is 10.8. The average molecular weight is 495 g/mol. The molecule has 1 saturated heterocycles. The molecule has 10 nitrogen and oxygen atoms in total. The highest BCUT2D eigenvalue weighted by Crippen LogP contribution is 2.31. The van der Waals surface area contributed by atoms with Crippen molar-refractivity contribution in [3.63, 3.8) is 0 Å². The number of carbonyl (C=O) groups excluding carboxylic acids is 1. The Labute approximate surface area is 193 Å². The molecular formula is C21H26N4O6S2. The molecule has 0 saturated carbocycles. The highest BCUT2D eigenvalue weighted by atomic mass is 32.2. The molecule has 3 aliphatic heterocycles. The van der Waals surface area contributed by atoms with Crippen LogP contribution < -0.4 is 10.1 Å². The van der Waals surface area contributed by atoms with Gasteiger partial charge in [-0.1, -0.05) is 6.42 Å². The molecule has 3 heterocycles. The summed E-state index contributed by atoms with van der Waals surface area (Å²) in [5, 5.41) is 2.73. The van der Waals surface area contributed by atoms with Gasteiger partial charge in [0.05, 0.1) is 17.9 Å². The van der Waals surface area contributed by atoms with Crippen LogP contribution in [0, 0.1) is 0 Å². The summed E-state index contributed by atoms with van der Waals surface area (Å²) in [6, 6.07) is 4.55. The summed E-state index contributed by atoms with van der Waals surface area (Å²) in [7, 11) is -7.26. The number of nitrogens with zero attached hydrogens (tertiary/aromatic N) is 3. The zero-order chi connectivity index (χ0) is 23.6. The fraction of sp³-hybridized carbons (Fsp3) is 0.429. The second-order valence-electron chi connectivity index (χ2n) is 7.86. The summed E-state index contributed by atoms with van der Waals surface area (Å²) in [5.41, 5.74) is 0.608. The van der Waals surface area contributed by atoms with Crippen molar-refractivity contribution in [1.82, 2.24) is 9.21 Å². The Morgan fingerprint density at radius 2 is 1.91 bits per heavy atom. The Bertz CT molecular complexity index is 1250. The first-order valence-corrected chi connectivity index (χ1v) is 13.8. The number of sulfonamides is 2. The Morgan fingerprint density at radius 1 is 1.15 bits per heavy atom. The summed E-state index contributed by atoms with van der Waals surface area (Å²) in [6.07, 6.45) is 7.09. The maximum absolute atomic E-state index is 13.3. The normalized spacial score (nSPS) is 20.5. The van der Waals surface area contributed by atoms with Gasteiger partial charge in [-0.2, -0.15) is 4.31 Å². The van der Waals surface area contributed by atoms with E-state index in [-0.39, 0.29) is 28.8 Å². The van der Waals surface area contributed by atoms with Gasteiger partial charge in [0.25, 0.3) is 15.9 Å². The van der Waals surface area contributed by atoms with Gasteiger partial charge in [0, 0.05) is 31.5 Å². The van der Waals surface area contributed by atoms with Crippen molar-refractivity contribution >= 4 is 37.5 Å². The predicted molar refractivity (Wildman–Crippen MR) is 124 cm³/mol. The lowest BCUT2D eigenvalue weighted by Crippen LogP contribution is -2.37. The van der Waals surface area contributed by atoms with Crippen molar-refractivity contribution in [3.05, 3.63) is 42.1 Å². The third kappa shape index (κ3) is 5.12. The van der Waals surface area contributed by atoms with Crippen molar-refractivity contribution in [2.24, 2.45) is 4.40 Å². The number of carbonyl (C=O) groups is 1. The number of rotatable bonds is 6. The minimum absolute atomic E-state index is 0.0212. The van der Waals surface area contributed by atoms with Gasteiger partial charge in [0.2, 0.25) is 10.0 Å². The van der Waals surface area contributed by atoms with Gasteiger partial charge in [-0.15, -0.1) is 4.40 Å². The molecule has 0 aliphatic carbocycles. The first-order chi connectivity index (χ1) is 15.7. The van der Waals surface area contributed by atoms with Crippen molar-refractivity contribution in [2.45, 2.75) is 31.1 Å². The van der Waals surface area contributed by atoms with Crippen molar-refractivity contribution in [2.75, 3.05) is 37.3 Å². The fourth-order valence-corrected chi connectivity index (χ4v) is 6.49. The van der Waals surface area contributed by atoms with Crippen LogP contribution >= 0.6 is 0 Å². The van der Waals surface area contributed by atoms with E-state index in [9.17, 15) is 21.6 Å². The molecule has 0 aromatic heterocycles. The number of nitrogens with one attached hydrogen (secondary N) is 1. The fourth-order valence-electron chi connectivity index (χ4n) is 3.85. The minimum atomic E-state index is -3.78. The number of hydrogen-bond acceptors (Lipinski definition) is 7. The van der Waals surface area contributed by atoms with Gasteiger partial charge < -0.3 is 15.0 Å². The van der Waals surface area contributed by atoms with E-state index in [0.29, 0.717) is 31.0 Å². The van der Waals surface area contributed by atoms with Gasteiger partial charge in [-0.25, -0.2) is 16.8 Å². The average Bonchev–Trinajstić information content (AvgIpc) is 2.80. The lowest BCUT2D eigenvalue weighted by atomic mass is 10.1. The smallest absolute Gasteiger partial charge is 0.257 e. The molecule has 1 fully saturated rings. The molecule has 4 rings (SSSR count). The van der Waals surface area contributed by atoms with E-state index in [0.717, 1.165) is 19.3 Å². The minimum Gasteiger partial charge on any atom is -0.492 e. The maximum atomic E-state index is 13.3. The Kier molecular flexibility index (Phi) is 6.59. The predicted octanol–water partition coefficient (Wildman–Crippen LogP) is 1.70. The van der Waals surface area contributed by atoms with Crippen LogP contribution in [0.3, 0.4) is 0 Å². The lowest BCUT2D eigenvalue weighted by molar-refractivity contribution is -0.112. The maximum Gasteiger partial charge on any atom is 0.257 e.